The maximum atomic E-state index is 13.3. The van der Waals surface area contributed by atoms with Gasteiger partial charge in [-0.2, -0.15) is 0 Å². The number of carboxylic acids is 1. The van der Waals surface area contributed by atoms with Crippen molar-refractivity contribution in [2.75, 3.05) is 5.32 Å². The molecular weight excluding hydrogens is 269 g/mol. The average Bonchev–Trinajstić information content (AvgIpc) is 2.87. The highest BCUT2D eigenvalue weighted by atomic mass is 19.1. The van der Waals surface area contributed by atoms with E-state index in [0.29, 0.717) is 11.6 Å². The summed E-state index contributed by atoms with van der Waals surface area (Å²) in [5.74, 6) is -0.937. The van der Waals surface area contributed by atoms with Gasteiger partial charge >= 0.3 is 5.97 Å². The van der Waals surface area contributed by atoms with Crippen molar-refractivity contribution >= 4 is 11.7 Å². The van der Waals surface area contributed by atoms with Gasteiger partial charge in [0.25, 0.3) is 0 Å². The molecule has 0 saturated heterocycles. The van der Waals surface area contributed by atoms with Crippen LogP contribution in [0.2, 0.25) is 0 Å². The molecule has 0 spiro atoms. The van der Waals surface area contributed by atoms with E-state index in [1.165, 1.54) is 25.3 Å². The summed E-state index contributed by atoms with van der Waals surface area (Å²) in [5, 5.41) is 12.7. The number of anilines is 1. The molecule has 3 atom stereocenters. The van der Waals surface area contributed by atoms with Gasteiger partial charge in [0.05, 0.1) is 5.56 Å². The number of hydrogen-bond donors (Lipinski definition) is 2. The smallest absolute Gasteiger partial charge is 0.337 e. The minimum atomic E-state index is -1.09. The van der Waals surface area contributed by atoms with Crippen molar-refractivity contribution < 1.29 is 14.3 Å². The molecule has 0 radical (unpaired) electrons. The molecule has 0 heterocycles. The molecule has 21 heavy (non-hydrogen) atoms. The van der Waals surface area contributed by atoms with Gasteiger partial charge in [0.1, 0.15) is 5.82 Å². The largest absolute Gasteiger partial charge is 0.478 e. The Morgan fingerprint density at radius 2 is 2.10 bits per heavy atom. The molecule has 3 nitrogen and oxygen atoms in total. The van der Waals surface area contributed by atoms with E-state index in [0.717, 1.165) is 6.07 Å². The zero-order valence-electron chi connectivity index (χ0n) is 12.7. The lowest BCUT2D eigenvalue weighted by Crippen LogP contribution is -2.46. The van der Waals surface area contributed by atoms with Gasteiger partial charge in [0, 0.05) is 11.7 Å². The predicted octanol–water partition coefficient (Wildman–Crippen LogP) is 4.15. The van der Waals surface area contributed by atoms with Crippen LogP contribution >= 0.6 is 0 Å². The second-order valence-electron chi connectivity index (χ2n) is 7.49. The molecule has 1 aromatic carbocycles. The molecular formula is C17H22FNO2. The maximum Gasteiger partial charge on any atom is 0.337 e. The van der Waals surface area contributed by atoms with Gasteiger partial charge in [-0.3, -0.25) is 0 Å². The molecule has 2 fully saturated rings. The summed E-state index contributed by atoms with van der Waals surface area (Å²) in [4.78, 5) is 11.3. The first-order chi connectivity index (χ1) is 9.74. The van der Waals surface area contributed by atoms with Crippen LogP contribution in [0.15, 0.2) is 18.2 Å². The second-order valence-corrected chi connectivity index (χ2v) is 7.49. The highest BCUT2D eigenvalue weighted by Crippen LogP contribution is 2.63. The van der Waals surface area contributed by atoms with Crippen LogP contribution in [0.25, 0.3) is 0 Å². The number of aromatic carboxylic acids is 1. The van der Waals surface area contributed by atoms with Gasteiger partial charge in [-0.15, -0.1) is 0 Å². The van der Waals surface area contributed by atoms with Crippen molar-refractivity contribution in [3.8, 4) is 0 Å². The normalized spacial score (nSPS) is 33.1. The van der Waals surface area contributed by atoms with Gasteiger partial charge in [0.2, 0.25) is 0 Å². The van der Waals surface area contributed by atoms with Crippen LogP contribution in [0.4, 0.5) is 10.1 Å². The van der Waals surface area contributed by atoms with E-state index < -0.39 is 11.8 Å². The summed E-state index contributed by atoms with van der Waals surface area (Å²) in [6.07, 6.45) is 3.60. The van der Waals surface area contributed by atoms with Gasteiger partial charge in [0.15, 0.2) is 0 Å². The molecule has 4 heteroatoms. The first kappa shape index (κ1) is 14.4. The minimum Gasteiger partial charge on any atom is -0.478 e. The third-order valence-corrected chi connectivity index (χ3v) is 5.78. The molecule has 3 rings (SSSR count). The molecule has 2 aliphatic rings. The van der Waals surface area contributed by atoms with Crippen molar-refractivity contribution in [2.45, 2.75) is 46.1 Å². The minimum absolute atomic E-state index is 0.0113. The number of carbonyl (C=O) groups is 1. The van der Waals surface area contributed by atoms with Gasteiger partial charge < -0.3 is 10.4 Å². The standard InChI is InChI=1S/C17H22FNO2/c1-16(2)10-6-7-17(3,9-10)15(16)19-13-5-4-11(18)8-12(13)14(20)21/h4-5,8,10,15,19H,6-7,9H2,1-3H3,(H,20,21). The molecule has 0 aromatic heterocycles. The quantitative estimate of drug-likeness (QED) is 0.879. The van der Waals surface area contributed by atoms with Crippen LogP contribution in [-0.2, 0) is 0 Å². The number of fused-ring (bicyclic) bond motifs is 2. The second kappa shape index (κ2) is 4.46. The summed E-state index contributed by atoms with van der Waals surface area (Å²) in [5.41, 5.74) is 0.850. The monoisotopic (exact) mass is 291 g/mol. The third-order valence-electron chi connectivity index (χ3n) is 5.78. The Hall–Kier alpha value is -1.58. The fourth-order valence-corrected chi connectivity index (χ4v) is 4.64. The van der Waals surface area contributed by atoms with Crippen LogP contribution < -0.4 is 5.32 Å². The molecule has 2 bridgehead atoms. The zero-order chi connectivity index (χ0) is 15.4. The van der Waals surface area contributed by atoms with Crippen molar-refractivity contribution in [2.24, 2.45) is 16.7 Å². The van der Waals surface area contributed by atoms with E-state index in [4.69, 9.17) is 0 Å². The van der Waals surface area contributed by atoms with E-state index in [1.54, 1.807) is 6.07 Å². The highest BCUT2D eigenvalue weighted by molar-refractivity contribution is 5.94. The predicted molar refractivity (Wildman–Crippen MR) is 80.0 cm³/mol. The van der Waals surface area contributed by atoms with Gasteiger partial charge in [-0.25, -0.2) is 9.18 Å². The fraction of sp³-hybridized carbons (Fsp3) is 0.588. The molecule has 0 aliphatic heterocycles. The van der Waals surface area contributed by atoms with Crippen LogP contribution in [0.5, 0.6) is 0 Å². The molecule has 2 aliphatic carbocycles. The Morgan fingerprint density at radius 1 is 1.38 bits per heavy atom. The Labute approximate surface area is 124 Å². The third kappa shape index (κ3) is 2.12. The number of halogens is 1. The molecule has 1 aromatic rings. The first-order valence-electron chi connectivity index (χ1n) is 7.53. The van der Waals surface area contributed by atoms with Crippen molar-refractivity contribution in [1.82, 2.24) is 0 Å². The maximum absolute atomic E-state index is 13.3. The fourth-order valence-electron chi connectivity index (χ4n) is 4.64. The lowest BCUT2D eigenvalue weighted by Gasteiger charge is -2.43. The SMILES string of the molecule is CC12CCC(C1)C(C)(C)C2Nc1ccc(F)cc1C(=O)O. The summed E-state index contributed by atoms with van der Waals surface area (Å²) in [7, 11) is 0. The van der Waals surface area contributed by atoms with Crippen LogP contribution in [0.3, 0.4) is 0 Å². The Kier molecular flexibility index (Phi) is 3.05. The van der Waals surface area contributed by atoms with E-state index in [1.807, 2.05) is 0 Å². The van der Waals surface area contributed by atoms with Crippen LogP contribution in [-0.4, -0.2) is 17.1 Å². The lowest BCUT2D eigenvalue weighted by molar-refractivity contribution is 0.0696. The van der Waals surface area contributed by atoms with E-state index in [2.05, 4.69) is 26.1 Å². The summed E-state index contributed by atoms with van der Waals surface area (Å²) in [6, 6.07) is 4.17. The topological polar surface area (TPSA) is 49.3 Å². The molecule has 3 unspecified atom stereocenters. The lowest BCUT2D eigenvalue weighted by atomic mass is 9.68. The van der Waals surface area contributed by atoms with Gasteiger partial charge in [-0.1, -0.05) is 20.8 Å². The van der Waals surface area contributed by atoms with E-state index in [-0.39, 0.29) is 22.4 Å². The van der Waals surface area contributed by atoms with Crippen LogP contribution in [0, 0.1) is 22.6 Å². The number of rotatable bonds is 3. The highest BCUT2D eigenvalue weighted by Gasteiger charge is 2.59. The Morgan fingerprint density at radius 3 is 2.67 bits per heavy atom. The average molecular weight is 291 g/mol. The molecule has 114 valence electrons. The van der Waals surface area contributed by atoms with E-state index >= 15 is 0 Å². The number of carboxylic acid groups (broad SMARTS) is 1. The van der Waals surface area contributed by atoms with Gasteiger partial charge in [-0.05, 0) is 54.2 Å². The van der Waals surface area contributed by atoms with Crippen LogP contribution in [0.1, 0.15) is 50.4 Å². The summed E-state index contributed by atoms with van der Waals surface area (Å²) >= 11 is 0. The summed E-state index contributed by atoms with van der Waals surface area (Å²) in [6.45, 7) is 6.79. The molecule has 0 amide bonds. The van der Waals surface area contributed by atoms with Crippen molar-refractivity contribution in [3.05, 3.63) is 29.6 Å². The summed E-state index contributed by atoms with van der Waals surface area (Å²) < 4.78 is 13.3. The number of hydrogen-bond acceptors (Lipinski definition) is 2. The Bertz CT molecular complexity index is 594. The van der Waals surface area contributed by atoms with Crippen molar-refractivity contribution in [1.29, 1.82) is 0 Å². The van der Waals surface area contributed by atoms with Crippen molar-refractivity contribution in [3.63, 3.8) is 0 Å². The molecule has 2 saturated carbocycles. The Balaban J connectivity index is 1.96. The van der Waals surface area contributed by atoms with E-state index in [9.17, 15) is 14.3 Å². The zero-order valence-corrected chi connectivity index (χ0v) is 12.7. The number of benzene rings is 1. The molecule has 2 N–H and O–H groups in total. The first-order valence-corrected chi connectivity index (χ1v) is 7.53. The number of nitrogens with one attached hydrogen (secondary N) is 1.